The lowest BCUT2D eigenvalue weighted by molar-refractivity contribution is -0.144. The smallest absolute Gasteiger partial charge is 0.336 e. The number of benzene rings is 2. The third-order valence-electron chi connectivity index (χ3n) is 4.15. The number of fused-ring (bicyclic) bond motifs is 3. The molecular weight excluding hydrogens is 318 g/mol. The van der Waals surface area contributed by atoms with E-state index in [-0.39, 0.29) is 12.6 Å². The molecule has 130 valence electrons. The zero-order valence-electron chi connectivity index (χ0n) is 14.7. The van der Waals surface area contributed by atoms with Gasteiger partial charge in [0, 0.05) is 54.0 Å². The number of hydrogen-bond acceptors (Lipinski definition) is 5. The van der Waals surface area contributed by atoms with Crippen molar-refractivity contribution in [1.29, 1.82) is 0 Å². The molecule has 5 nitrogen and oxygen atoms in total. The molecule has 0 fully saturated rings. The minimum atomic E-state index is -0.447. The molecule has 0 aliphatic carbocycles. The molecule has 0 bridgehead atoms. The van der Waals surface area contributed by atoms with Gasteiger partial charge >= 0.3 is 11.6 Å². The lowest BCUT2D eigenvalue weighted by atomic mass is 10.0. The maximum atomic E-state index is 12.0. The molecule has 0 aliphatic heterocycles. The number of carbonyl (C=O) groups excluding carboxylic acids is 1. The van der Waals surface area contributed by atoms with E-state index in [4.69, 9.17) is 9.15 Å². The second-order valence-electron chi connectivity index (χ2n) is 6.21. The van der Waals surface area contributed by atoms with Crippen molar-refractivity contribution in [2.75, 3.05) is 19.0 Å². The number of anilines is 1. The van der Waals surface area contributed by atoms with Crippen LogP contribution in [0.1, 0.15) is 25.3 Å². The topological polar surface area (TPSA) is 59.8 Å². The normalized spacial score (nSPS) is 11.0. The first-order valence-electron chi connectivity index (χ1n) is 8.32. The molecule has 25 heavy (non-hydrogen) atoms. The van der Waals surface area contributed by atoms with E-state index >= 15 is 0 Å². The van der Waals surface area contributed by atoms with Crippen LogP contribution in [0.4, 0.5) is 5.69 Å². The van der Waals surface area contributed by atoms with E-state index in [9.17, 15) is 9.59 Å². The SMILES string of the molecule is CCCC(=O)OCc1cc(=O)oc2c1ccc1c(N(C)C)cccc12. The van der Waals surface area contributed by atoms with Crippen LogP contribution in [-0.2, 0) is 16.1 Å². The van der Waals surface area contributed by atoms with Gasteiger partial charge in [-0.3, -0.25) is 4.79 Å². The van der Waals surface area contributed by atoms with Gasteiger partial charge < -0.3 is 14.1 Å². The lowest BCUT2D eigenvalue weighted by Gasteiger charge is -2.16. The third-order valence-corrected chi connectivity index (χ3v) is 4.15. The number of nitrogens with zero attached hydrogens (tertiary/aromatic N) is 1. The number of esters is 1. The first-order chi connectivity index (χ1) is 12.0. The molecule has 0 radical (unpaired) electrons. The summed E-state index contributed by atoms with van der Waals surface area (Å²) in [6, 6.07) is 11.2. The maximum Gasteiger partial charge on any atom is 0.336 e. The molecular formula is C20H21NO4. The van der Waals surface area contributed by atoms with Crippen molar-refractivity contribution in [2.24, 2.45) is 0 Å². The average Bonchev–Trinajstić information content (AvgIpc) is 2.59. The molecule has 5 heteroatoms. The highest BCUT2D eigenvalue weighted by Crippen LogP contribution is 2.32. The number of rotatable bonds is 5. The van der Waals surface area contributed by atoms with Gasteiger partial charge in [0.05, 0.1) is 0 Å². The van der Waals surface area contributed by atoms with Crippen molar-refractivity contribution in [1.82, 2.24) is 0 Å². The molecule has 3 rings (SSSR count). The van der Waals surface area contributed by atoms with Crippen molar-refractivity contribution >= 4 is 33.4 Å². The molecule has 1 heterocycles. The Morgan fingerprint density at radius 2 is 1.88 bits per heavy atom. The van der Waals surface area contributed by atoms with Crippen molar-refractivity contribution < 1.29 is 13.9 Å². The van der Waals surface area contributed by atoms with E-state index in [0.717, 1.165) is 28.3 Å². The van der Waals surface area contributed by atoms with Gasteiger partial charge in [0.1, 0.15) is 12.2 Å². The fourth-order valence-electron chi connectivity index (χ4n) is 2.97. The van der Waals surface area contributed by atoms with Crippen molar-refractivity contribution in [3.63, 3.8) is 0 Å². The molecule has 0 spiro atoms. The lowest BCUT2D eigenvalue weighted by Crippen LogP contribution is -2.09. The van der Waals surface area contributed by atoms with Gasteiger partial charge in [-0.05, 0) is 12.5 Å². The minimum absolute atomic E-state index is 0.0693. The van der Waals surface area contributed by atoms with Crippen LogP contribution in [0, 0.1) is 0 Å². The Labute approximate surface area is 145 Å². The summed E-state index contributed by atoms with van der Waals surface area (Å²) in [5.41, 5.74) is 1.78. The van der Waals surface area contributed by atoms with Crippen LogP contribution >= 0.6 is 0 Å². The molecule has 0 saturated carbocycles. The quantitative estimate of drug-likeness (QED) is 0.401. The van der Waals surface area contributed by atoms with Gasteiger partial charge in [-0.25, -0.2) is 4.79 Å². The van der Waals surface area contributed by atoms with Gasteiger partial charge in [-0.1, -0.05) is 31.2 Å². The summed E-state index contributed by atoms with van der Waals surface area (Å²) in [5.74, 6) is -0.264. The van der Waals surface area contributed by atoms with Crippen LogP contribution < -0.4 is 10.5 Å². The van der Waals surface area contributed by atoms with Crippen molar-refractivity contribution in [2.45, 2.75) is 26.4 Å². The van der Waals surface area contributed by atoms with Gasteiger partial charge in [0.2, 0.25) is 0 Å². The molecule has 0 saturated heterocycles. The van der Waals surface area contributed by atoms with E-state index in [0.29, 0.717) is 17.6 Å². The van der Waals surface area contributed by atoms with Crippen LogP contribution in [0.5, 0.6) is 0 Å². The minimum Gasteiger partial charge on any atom is -0.461 e. The Bertz CT molecular complexity index is 988. The highest BCUT2D eigenvalue weighted by Gasteiger charge is 2.13. The average molecular weight is 339 g/mol. The maximum absolute atomic E-state index is 12.0. The van der Waals surface area contributed by atoms with Crippen LogP contribution in [-0.4, -0.2) is 20.1 Å². The molecule has 0 aliphatic rings. The molecule has 1 aromatic heterocycles. The predicted octanol–water partition coefficient (Wildman–Crippen LogP) is 3.86. The second kappa shape index (κ2) is 6.97. The van der Waals surface area contributed by atoms with E-state index in [2.05, 4.69) is 0 Å². The summed E-state index contributed by atoms with van der Waals surface area (Å²) in [6.45, 7) is 1.99. The number of ether oxygens (including phenoxy) is 1. The standard InChI is InChI=1S/C20H21NO4/c1-4-6-18(22)24-12-13-11-19(23)25-20-14(13)9-10-15-16(20)7-5-8-17(15)21(2)3/h5,7-11H,4,6,12H2,1-3H3. The van der Waals surface area contributed by atoms with Gasteiger partial charge in [-0.2, -0.15) is 0 Å². The molecule has 0 amide bonds. The highest BCUT2D eigenvalue weighted by molar-refractivity contribution is 6.09. The van der Waals surface area contributed by atoms with Crippen LogP contribution in [0.2, 0.25) is 0 Å². The van der Waals surface area contributed by atoms with Crippen LogP contribution in [0.25, 0.3) is 21.7 Å². The first-order valence-corrected chi connectivity index (χ1v) is 8.32. The summed E-state index contributed by atoms with van der Waals surface area (Å²) in [4.78, 5) is 25.7. The van der Waals surface area contributed by atoms with Gasteiger partial charge in [-0.15, -0.1) is 0 Å². The first kappa shape index (κ1) is 17.0. The number of hydrogen-bond donors (Lipinski definition) is 0. The Hall–Kier alpha value is -2.82. The molecule has 0 unspecified atom stereocenters. The summed E-state index contributed by atoms with van der Waals surface area (Å²) >= 11 is 0. The number of carbonyl (C=O) groups is 1. The van der Waals surface area contributed by atoms with Crippen molar-refractivity contribution in [3.8, 4) is 0 Å². The van der Waals surface area contributed by atoms with E-state index < -0.39 is 5.63 Å². The van der Waals surface area contributed by atoms with E-state index in [1.807, 2.05) is 56.3 Å². The van der Waals surface area contributed by atoms with Gasteiger partial charge in [0.25, 0.3) is 0 Å². The highest BCUT2D eigenvalue weighted by atomic mass is 16.5. The van der Waals surface area contributed by atoms with Crippen LogP contribution in [0.3, 0.4) is 0 Å². The Morgan fingerprint density at radius 1 is 1.12 bits per heavy atom. The summed E-state index contributed by atoms with van der Waals surface area (Å²) in [7, 11) is 3.94. The zero-order chi connectivity index (χ0) is 18.0. The van der Waals surface area contributed by atoms with E-state index in [1.165, 1.54) is 6.07 Å². The summed E-state index contributed by atoms with van der Waals surface area (Å²) < 4.78 is 10.8. The Morgan fingerprint density at radius 3 is 2.60 bits per heavy atom. The largest absolute Gasteiger partial charge is 0.461 e. The van der Waals surface area contributed by atoms with Crippen LogP contribution in [0.15, 0.2) is 45.6 Å². The van der Waals surface area contributed by atoms with Gasteiger partial charge in [0.15, 0.2) is 0 Å². The summed E-state index contributed by atoms with van der Waals surface area (Å²) in [5, 5.41) is 2.65. The second-order valence-corrected chi connectivity index (χ2v) is 6.21. The van der Waals surface area contributed by atoms with E-state index in [1.54, 1.807) is 0 Å². The Balaban J connectivity index is 2.15. The molecule has 0 N–H and O–H groups in total. The third kappa shape index (κ3) is 3.36. The monoisotopic (exact) mass is 339 g/mol. The van der Waals surface area contributed by atoms with Crippen molar-refractivity contribution in [3.05, 3.63) is 52.4 Å². The summed E-state index contributed by atoms with van der Waals surface area (Å²) in [6.07, 6.45) is 1.10. The zero-order valence-corrected chi connectivity index (χ0v) is 14.7. The molecule has 0 atom stereocenters. The fraction of sp³-hybridized carbons (Fsp3) is 0.300. The Kier molecular flexibility index (Phi) is 4.74. The predicted molar refractivity (Wildman–Crippen MR) is 99.0 cm³/mol. The fourth-order valence-corrected chi connectivity index (χ4v) is 2.97. The molecule has 3 aromatic rings. The molecule has 2 aromatic carbocycles.